The predicted octanol–water partition coefficient (Wildman–Crippen LogP) is 3.34. The summed E-state index contributed by atoms with van der Waals surface area (Å²) in [7, 11) is 0. The lowest BCUT2D eigenvalue weighted by Gasteiger charge is -2.18. The van der Waals surface area contributed by atoms with Gasteiger partial charge in [0.2, 0.25) is 0 Å². The monoisotopic (exact) mass is 242 g/mol. The van der Waals surface area contributed by atoms with E-state index in [4.69, 9.17) is 17.4 Å². The zero-order valence-corrected chi connectivity index (χ0v) is 10.0. The molecule has 1 unspecified atom stereocenters. The molecule has 2 nitrogen and oxygen atoms in total. The topological polar surface area (TPSA) is 38.0 Å². The van der Waals surface area contributed by atoms with Crippen LogP contribution in [-0.4, -0.2) is 0 Å². The molecule has 0 aliphatic rings. The molecule has 0 saturated carbocycles. The third-order valence-electron chi connectivity index (χ3n) is 2.55. The Bertz CT molecular complexity index is 379. The van der Waals surface area contributed by atoms with Crippen molar-refractivity contribution in [3.63, 3.8) is 0 Å². The SMILES string of the molecule is C=C(CC)CC(NN)c1cccc(Cl)c1F. The molecule has 0 fully saturated rings. The molecule has 88 valence electrons. The predicted molar refractivity (Wildman–Crippen MR) is 65.5 cm³/mol. The molecule has 1 rings (SSSR count). The number of hydrogen-bond acceptors (Lipinski definition) is 2. The largest absolute Gasteiger partial charge is 0.271 e. The Labute approximate surface area is 100 Å². The van der Waals surface area contributed by atoms with Gasteiger partial charge in [0.05, 0.1) is 11.1 Å². The Morgan fingerprint density at radius 1 is 1.62 bits per heavy atom. The first-order chi connectivity index (χ1) is 7.60. The molecule has 0 bridgehead atoms. The maximum absolute atomic E-state index is 13.7. The van der Waals surface area contributed by atoms with Gasteiger partial charge < -0.3 is 0 Å². The fourth-order valence-corrected chi connectivity index (χ4v) is 1.66. The quantitative estimate of drug-likeness (QED) is 0.472. The second kappa shape index (κ2) is 5.99. The fourth-order valence-electron chi connectivity index (χ4n) is 1.48. The molecule has 0 aliphatic carbocycles. The van der Waals surface area contributed by atoms with Crippen molar-refractivity contribution in [1.29, 1.82) is 0 Å². The normalized spacial score (nSPS) is 12.5. The van der Waals surface area contributed by atoms with E-state index in [0.717, 1.165) is 12.0 Å². The first kappa shape index (κ1) is 13.2. The molecular weight excluding hydrogens is 227 g/mol. The molecule has 0 aliphatic heterocycles. The van der Waals surface area contributed by atoms with Gasteiger partial charge in [-0.3, -0.25) is 11.3 Å². The van der Waals surface area contributed by atoms with Crippen LogP contribution in [0.4, 0.5) is 4.39 Å². The van der Waals surface area contributed by atoms with Crippen LogP contribution in [0.15, 0.2) is 30.4 Å². The first-order valence-corrected chi connectivity index (χ1v) is 5.54. The molecule has 0 aromatic heterocycles. The average Bonchev–Trinajstić information content (AvgIpc) is 2.29. The lowest BCUT2D eigenvalue weighted by molar-refractivity contribution is 0.506. The molecule has 16 heavy (non-hydrogen) atoms. The van der Waals surface area contributed by atoms with E-state index >= 15 is 0 Å². The summed E-state index contributed by atoms with van der Waals surface area (Å²) in [4.78, 5) is 0. The van der Waals surface area contributed by atoms with Gasteiger partial charge in [-0.15, -0.1) is 0 Å². The number of rotatable bonds is 5. The van der Waals surface area contributed by atoms with Gasteiger partial charge in [0, 0.05) is 5.56 Å². The number of halogens is 2. The van der Waals surface area contributed by atoms with Crippen LogP contribution in [0.5, 0.6) is 0 Å². The summed E-state index contributed by atoms with van der Waals surface area (Å²) in [6.07, 6.45) is 1.45. The average molecular weight is 243 g/mol. The molecule has 3 N–H and O–H groups in total. The molecule has 1 aromatic carbocycles. The lowest BCUT2D eigenvalue weighted by atomic mass is 9.98. The van der Waals surface area contributed by atoms with Crippen LogP contribution >= 0.6 is 11.6 Å². The highest BCUT2D eigenvalue weighted by Gasteiger charge is 2.16. The van der Waals surface area contributed by atoms with Crippen LogP contribution in [0.25, 0.3) is 0 Å². The van der Waals surface area contributed by atoms with Crippen molar-refractivity contribution in [1.82, 2.24) is 5.43 Å². The minimum atomic E-state index is -0.420. The maximum atomic E-state index is 13.7. The van der Waals surface area contributed by atoms with Gasteiger partial charge in [-0.25, -0.2) is 4.39 Å². The van der Waals surface area contributed by atoms with Crippen LogP contribution in [0.1, 0.15) is 31.4 Å². The highest BCUT2D eigenvalue weighted by atomic mass is 35.5. The number of benzene rings is 1. The lowest BCUT2D eigenvalue weighted by Crippen LogP contribution is -2.29. The van der Waals surface area contributed by atoms with Crippen LogP contribution in [0, 0.1) is 5.82 Å². The molecule has 0 saturated heterocycles. The first-order valence-electron chi connectivity index (χ1n) is 5.16. The Morgan fingerprint density at radius 3 is 2.88 bits per heavy atom. The molecule has 0 radical (unpaired) electrons. The zero-order valence-electron chi connectivity index (χ0n) is 9.26. The smallest absolute Gasteiger partial charge is 0.146 e. The van der Waals surface area contributed by atoms with Gasteiger partial charge >= 0.3 is 0 Å². The van der Waals surface area contributed by atoms with Crippen LogP contribution in [0.3, 0.4) is 0 Å². The molecule has 0 amide bonds. The van der Waals surface area contributed by atoms with Crippen molar-refractivity contribution in [3.05, 3.63) is 46.8 Å². The third kappa shape index (κ3) is 3.04. The van der Waals surface area contributed by atoms with Crippen molar-refractivity contribution >= 4 is 11.6 Å². The maximum Gasteiger partial charge on any atom is 0.146 e. The highest BCUT2D eigenvalue weighted by Crippen LogP contribution is 2.27. The van der Waals surface area contributed by atoms with Gasteiger partial charge in [-0.2, -0.15) is 0 Å². The summed E-state index contributed by atoms with van der Waals surface area (Å²) < 4.78 is 13.7. The van der Waals surface area contributed by atoms with Crippen molar-refractivity contribution in [3.8, 4) is 0 Å². The molecular formula is C12H16ClFN2. The van der Waals surface area contributed by atoms with Gasteiger partial charge in [0.1, 0.15) is 5.82 Å². The molecule has 0 heterocycles. The van der Waals surface area contributed by atoms with Gasteiger partial charge in [0.25, 0.3) is 0 Å². The van der Waals surface area contributed by atoms with Crippen molar-refractivity contribution in [2.45, 2.75) is 25.8 Å². The summed E-state index contributed by atoms with van der Waals surface area (Å²) in [5.41, 5.74) is 4.08. The summed E-state index contributed by atoms with van der Waals surface area (Å²) in [5, 5.41) is 0.111. The van der Waals surface area contributed by atoms with Gasteiger partial charge in [-0.05, 0) is 18.9 Å². The summed E-state index contributed by atoms with van der Waals surface area (Å²) in [5.74, 6) is 5.01. The van der Waals surface area contributed by atoms with E-state index in [1.807, 2.05) is 6.92 Å². The van der Waals surface area contributed by atoms with Gasteiger partial charge in [0.15, 0.2) is 0 Å². The summed E-state index contributed by atoms with van der Waals surface area (Å²) in [6, 6.07) is 4.61. The van der Waals surface area contributed by atoms with E-state index in [9.17, 15) is 4.39 Å². The second-order valence-corrected chi connectivity index (χ2v) is 4.08. The van der Waals surface area contributed by atoms with E-state index in [2.05, 4.69) is 12.0 Å². The third-order valence-corrected chi connectivity index (χ3v) is 2.84. The van der Waals surface area contributed by atoms with E-state index in [-0.39, 0.29) is 11.1 Å². The summed E-state index contributed by atoms with van der Waals surface area (Å²) >= 11 is 5.72. The minimum absolute atomic E-state index is 0.111. The van der Waals surface area contributed by atoms with E-state index in [0.29, 0.717) is 12.0 Å². The molecule has 1 aromatic rings. The van der Waals surface area contributed by atoms with E-state index in [1.54, 1.807) is 12.1 Å². The molecule has 0 spiro atoms. The van der Waals surface area contributed by atoms with Crippen LogP contribution in [-0.2, 0) is 0 Å². The van der Waals surface area contributed by atoms with Crippen LogP contribution < -0.4 is 11.3 Å². The van der Waals surface area contributed by atoms with Gasteiger partial charge in [-0.1, -0.05) is 42.8 Å². The Kier molecular flexibility index (Phi) is 4.93. The van der Waals surface area contributed by atoms with Crippen molar-refractivity contribution in [2.24, 2.45) is 5.84 Å². The second-order valence-electron chi connectivity index (χ2n) is 3.67. The molecule has 1 atom stereocenters. The van der Waals surface area contributed by atoms with Crippen molar-refractivity contribution in [2.75, 3.05) is 0 Å². The zero-order chi connectivity index (χ0) is 12.1. The Morgan fingerprint density at radius 2 is 2.31 bits per heavy atom. The number of nitrogens with one attached hydrogen (secondary N) is 1. The van der Waals surface area contributed by atoms with E-state index < -0.39 is 5.82 Å². The number of nitrogens with two attached hydrogens (primary N) is 1. The Balaban J connectivity index is 2.95. The Hall–Kier alpha value is -0.900. The van der Waals surface area contributed by atoms with Crippen molar-refractivity contribution < 1.29 is 4.39 Å². The molecule has 4 heteroatoms. The number of hydrogen-bond donors (Lipinski definition) is 2. The number of hydrazine groups is 1. The minimum Gasteiger partial charge on any atom is -0.271 e. The highest BCUT2D eigenvalue weighted by molar-refractivity contribution is 6.30. The van der Waals surface area contributed by atoms with Crippen LogP contribution in [0.2, 0.25) is 5.02 Å². The standard InChI is InChI=1S/C12H16ClFN2/c1-3-8(2)7-11(16-15)9-5-4-6-10(13)12(9)14/h4-6,11,16H,2-3,7,15H2,1H3. The summed E-state index contributed by atoms with van der Waals surface area (Å²) in [6.45, 7) is 5.89. The van der Waals surface area contributed by atoms with E-state index in [1.165, 1.54) is 6.07 Å². The fraction of sp³-hybridized carbons (Fsp3) is 0.333.